The Kier molecular flexibility index (Phi) is 3.92. The lowest BCUT2D eigenvalue weighted by atomic mass is 10.0. The molecule has 1 aromatic rings. The summed E-state index contributed by atoms with van der Waals surface area (Å²) in [7, 11) is 1.64. The van der Waals surface area contributed by atoms with Crippen LogP contribution in [0.5, 0.6) is 5.75 Å². The van der Waals surface area contributed by atoms with Gasteiger partial charge in [0.05, 0.1) is 7.11 Å². The number of hydrogen-bond donors (Lipinski definition) is 0. The maximum atomic E-state index is 10.2. The molecule has 0 spiro atoms. The third-order valence-corrected chi connectivity index (χ3v) is 1.96. The van der Waals surface area contributed by atoms with Crippen LogP contribution in [0.25, 0.3) is 0 Å². The molecule has 0 radical (unpaired) electrons. The summed E-state index contributed by atoms with van der Waals surface area (Å²) in [4.78, 5) is 10.2. The van der Waals surface area contributed by atoms with Crippen LogP contribution in [-0.2, 0) is 11.2 Å². The molecule has 1 rings (SSSR count). The SMILES string of the molecule is C=C(CC=O)Cc1cccc(OC)c1. The van der Waals surface area contributed by atoms with Crippen molar-refractivity contribution in [1.29, 1.82) is 0 Å². The summed E-state index contributed by atoms with van der Waals surface area (Å²) in [6.07, 6.45) is 2.04. The van der Waals surface area contributed by atoms with E-state index in [0.29, 0.717) is 6.42 Å². The fourth-order valence-electron chi connectivity index (χ4n) is 1.26. The normalized spacial score (nSPS) is 9.50. The van der Waals surface area contributed by atoms with Crippen molar-refractivity contribution in [3.05, 3.63) is 42.0 Å². The van der Waals surface area contributed by atoms with Gasteiger partial charge in [0.15, 0.2) is 0 Å². The van der Waals surface area contributed by atoms with Crippen molar-refractivity contribution < 1.29 is 9.53 Å². The second-order valence-electron chi connectivity index (χ2n) is 3.15. The highest BCUT2D eigenvalue weighted by Gasteiger charge is 1.98. The fraction of sp³-hybridized carbons (Fsp3) is 0.250. The molecule has 0 unspecified atom stereocenters. The zero-order valence-electron chi connectivity index (χ0n) is 8.32. The molecule has 0 saturated heterocycles. The molecule has 0 atom stereocenters. The van der Waals surface area contributed by atoms with E-state index in [2.05, 4.69) is 6.58 Å². The minimum absolute atomic E-state index is 0.428. The zero-order valence-corrected chi connectivity index (χ0v) is 8.32. The Morgan fingerprint density at radius 2 is 2.36 bits per heavy atom. The smallest absolute Gasteiger partial charge is 0.124 e. The fourth-order valence-corrected chi connectivity index (χ4v) is 1.26. The topological polar surface area (TPSA) is 26.3 Å². The van der Waals surface area contributed by atoms with E-state index in [1.54, 1.807) is 7.11 Å². The Hall–Kier alpha value is -1.57. The Labute approximate surface area is 84.2 Å². The van der Waals surface area contributed by atoms with E-state index in [0.717, 1.165) is 29.6 Å². The number of allylic oxidation sites excluding steroid dienone is 1. The highest BCUT2D eigenvalue weighted by molar-refractivity contribution is 5.54. The summed E-state index contributed by atoms with van der Waals surface area (Å²) in [6, 6.07) is 7.78. The first-order valence-corrected chi connectivity index (χ1v) is 4.49. The number of hydrogen-bond acceptors (Lipinski definition) is 2. The Morgan fingerprint density at radius 1 is 1.57 bits per heavy atom. The molecule has 0 aromatic heterocycles. The molecule has 0 bridgehead atoms. The minimum Gasteiger partial charge on any atom is -0.497 e. The van der Waals surface area contributed by atoms with Gasteiger partial charge in [-0.3, -0.25) is 0 Å². The standard InChI is InChI=1S/C12H14O2/c1-10(6-7-13)8-11-4-3-5-12(9-11)14-2/h3-5,7,9H,1,6,8H2,2H3. The highest BCUT2D eigenvalue weighted by atomic mass is 16.5. The van der Waals surface area contributed by atoms with Gasteiger partial charge in [0, 0.05) is 6.42 Å². The molecule has 0 aliphatic rings. The summed E-state index contributed by atoms with van der Waals surface area (Å²) >= 11 is 0. The van der Waals surface area contributed by atoms with Gasteiger partial charge in [-0.1, -0.05) is 24.3 Å². The van der Waals surface area contributed by atoms with Crippen molar-refractivity contribution >= 4 is 6.29 Å². The van der Waals surface area contributed by atoms with Crippen LogP contribution in [0, 0.1) is 0 Å². The minimum atomic E-state index is 0.428. The maximum absolute atomic E-state index is 10.2. The average molecular weight is 190 g/mol. The van der Waals surface area contributed by atoms with Crippen LogP contribution in [0.3, 0.4) is 0 Å². The van der Waals surface area contributed by atoms with Gasteiger partial charge in [0.2, 0.25) is 0 Å². The van der Waals surface area contributed by atoms with E-state index in [9.17, 15) is 4.79 Å². The van der Waals surface area contributed by atoms with Crippen molar-refractivity contribution in [1.82, 2.24) is 0 Å². The van der Waals surface area contributed by atoms with Gasteiger partial charge in [-0.25, -0.2) is 0 Å². The number of carbonyl (C=O) groups is 1. The van der Waals surface area contributed by atoms with E-state index >= 15 is 0 Å². The van der Waals surface area contributed by atoms with Crippen LogP contribution in [0.4, 0.5) is 0 Å². The average Bonchev–Trinajstić information content (AvgIpc) is 2.18. The van der Waals surface area contributed by atoms with Gasteiger partial charge in [0.25, 0.3) is 0 Å². The Morgan fingerprint density at radius 3 is 3.00 bits per heavy atom. The van der Waals surface area contributed by atoms with Crippen LogP contribution >= 0.6 is 0 Å². The predicted molar refractivity (Wildman–Crippen MR) is 56.5 cm³/mol. The molecule has 0 fully saturated rings. The lowest BCUT2D eigenvalue weighted by Crippen LogP contribution is -1.91. The third kappa shape index (κ3) is 3.05. The van der Waals surface area contributed by atoms with Gasteiger partial charge >= 0.3 is 0 Å². The van der Waals surface area contributed by atoms with Crippen LogP contribution < -0.4 is 4.74 Å². The molecular formula is C12H14O2. The van der Waals surface area contributed by atoms with Crippen molar-refractivity contribution in [2.75, 3.05) is 7.11 Å². The summed E-state index contributed by atoms with van der Waals surface area (Å²) in [5.74, 6) is 0.835. The monoisotopic (exact) mass is 190 g/mol. The number of carbonyl (C=O) groups excluding carboxylic acids is 1. The molecule has 0 N–H and O–H groups in total. The second kappa shape index (κ2) is 5.22. The van der Waals surface area contributed by atoms with E-state index in [-0.39, 0.29) is 0 Å². The van der Waals surface area contributed by atoms with Gasteiger partial charge in [-0.2, -0.15) is 0 Å². The molecule has 0 aliphatic carbocycles. The Bertz CT molecular complexity index is 329. The molecule has 1 aromatic carbocycles. The first-order valence-electron chi connectivity index (χ1n) is 4.49. The number of aldehydes is 1. The molecule has 74 valence electrons. The Balaban J connectivity index is 2.66. The molecule has 14 heavy (non-hydrogen) atoms. The first-order chi connectivity index (χ1) is 6.76. The number of rotatable bonds is 5. The van der Waals surface area contributed by atoms with Crippen molar-refractivity contribution in [2.45, 2.75) is 12.8 Å². The highest BCUT2D eigenvalue weighted by Crippen LogP contribution is 2.15. The van der Waals surface area contributed by atoms with Crippen LogP contribution in [0.15, 0.2) is 36.4 Å². The summed E-state index contributed by atoms with van der Waals surface area (Å²) in [6.45, 7) is 3.82. The summed E-state index contributed by atoms with van der Waals surface area (Å²) < 4.78 is 5.10. The maximum Gasteiger partial charge on any atom is 0.124 e. The van der Waals surface area contributed by atoms with E-state index in [4.69, 9.17) is 4.74 Å². The van der Waals surface area contributed by atoms with Crippen LogP contribution in [0.2, 0.25) is 0 Å². The second-order valence-corrected chi connectivity index (χ2v) is 3.15. The summed E-state index contributed by atoms with van der Waals surface area (Å²) in [5, 5.41) is 0. The molecule has 2 heteroatoms. The molecule has 0 aliphatic heterocycles. The molecular weight excluding hydrogens is 176 g/mol. The quantitative estimate of drug-likeness (QED) is 0.526. The van der Waals surface area contributed by atoms with Gasteiger partial charge in [0.1, 0.15) is 12.0 Å². The van der Waals surface area contributed by atoms with Crippen molar-refractivity contribution in [2.24, 2.45) is 0 Å². The van der Waals surface area contributed by atoms with E-state index in [1.165, 1.54) is 0 Å². The zero-order chi connectivity index (χ0) is 10.4. The van der Waals surface area contributed by atoms with E-state index in [1.807, 2.05) is 24.3 Å². The van der Waals surface area contributed by atoms with Crippen molar-refractivity contribution in [3.63, 3.8) is 0 Å². The lowest BCUT2D eigenvalue weighted by Gasteiger charge is -2.04. The number of benzene rings is 1. The molecule has 2 nitrogen and oxygen atoms in total. The molecule has 0 saturated carbocycles. The first kappa shape index (κ1) is 10.5. The lowest BCUT2D eigenvalue weighted by molar-refractivity contribution is -0.107. The number of methoxy groups -OCH3 is 1. The van der Waals surface area contributed by atoms with Crippen LogP contribution in [-0.4, -0.2) is 13.4 Å². The van der Waals surface area contributed by atoms with Gasteiger partial charge in [-0.15, -0.1) is 0 Å². The molecule has 0 heterocycles. The van der Waals surface area contributed by atoms with Gasteiger partial charge in [-0.05, 0) is 24.1 Å². The molecule has 0 amide bonds. The van der Waals surface area contributed by atoms with Crippen LogP contribution in [0.1, 0.15) is 12.0 Å². The van der Waals surface area contributed by atoms with Gasteiger partial charge < -0.3 is 9.53 Å². The van der Waals surface area contributed by atoms with E-state index < -0.39 is 0 Å². The predicted octanol–water partition coefficient (Wildman–Crippen LogP) is 2.38. The number of ether oxygens (including phenoxy) is 1. The third-order valence-electron chi connectivity index (χ3n) is 1.96. The van der Waals surface area contributed by atoms with Crippen molar-refractivity contribution in [3.8, 4) is 5.75 Å². The summed E-state index contributed by atoms with van der Waals surface area (Å²) in [5.41, 5.74) is 2.05. The largest absolute Gasteiger partial charge is 0.497 e.